The van der Waals surface area contributed by atoms with Gasteiger partial charge >= 0.3 is 0 Å². The maximum absolute atomic E-state index is 12.6. The molecule has 1 saturated heterocycles. The first kappa shape index (κ1) is 21.6. The van der Waals surface area contributed by atoms with Crippen molar-refractivity contribution in [1.82, 2.24) is 4.90 Å². The van der Waals surface area contributed by atoms with E-state index in [-0.39, 0.29) is 16.5 Å². The second-order valence-corrected chi connectivity index (χ2v) is 8.93. The highest BCUT2D eigenvalue weighted by molar-refractivity contribution is 7.90. The number of nitrogens with zero attached hydrogens (tertiary/aromatic N) is 4. The van der Waals surface area contributed by atoms with E-state index in [9.17, 15) is 18.5 Å². The molecule has 1 aliphatic rings. The van der Waals surface area contributed by atoms with E-state index in [0.29, 0.717) is 31.7 Å². The molecule has 0 radical (unpaired) electrons. The minimum absolute atomic E-state index is 0.112. The van der Waals surface area contributed by atoms with Gasteiger partial charge in [0, 0.05) is 43.5 Å². The minimum Gasteiger partial charge on any atom is -0.369 e. The number of hydrogen-bond donors (Lipinski definition) is 1. The molecule has 0 unspecified atom stereocenters. The average molecular weight is 432 g/mol. The van der Waals surface area contributed by atoms with Crippen molar-refractivity contribution in [3.05, 3.63) is 63.2 Å². The van der Waals surface area contributed by atoms with Crippen LogP contribution in [-0.4, -0.2) is 50.4 Å². The van der Waals surface area contributed by atoms with Gasteiger partial charge in [0.1, 0.15) is 0 Å². The van der Waals surface area contributed by atoms with Crippen LogP contribution in [0, 0.1) is 30.9 Å². The van der Waals surface area contributed by atoms with Crippen molar-refractivity contribution in [3.8, 4) is 0 Å². The summed E-state index contributed by atoms with van der Waals surface area (Å²) in [6.45, 7) is 8.09. The van der Waals surface area contributed by atoms with Crippen LogP contribution in [0.1, 0.15) is 16.7 Å². The topological polar surface area (TPSA) is 122 Å². The SMILES string of the molecule is Cc1ccc(S(=O)(=O)N=C(N)N2CCN(c3cccc(C)c3C)CC2)cc1[N+](=O)[O-]. The molecule has 1 aliphatic heterocycles. The van der Waals surface area contributed by atoms with E-state index < -0.39 is 14.9 Å². The van der Waals surface area contributed by atoms with Crippen molar-refractivity contribution < 1.29 is 13.3 Å². The number of aryl methyl sites for hydroxylation is 2. The number of hydrogen-bond acceptors (Lipinski definition) is 5. The van der Waals surface area contributed by atoms with E-state index in [2.05, 4.69) is 35.3 Å². The van der Waals surface area contributed by atoms with Crippen LogP contribution in [0.2, 0.25) is 0 Å². The van der Waals surface area contributed by atoms with E-state index in [1.165, 1.54) is 23.3 Å². The summed E-state index contributed by atoms with van der Waals surface area (Å²) in [5.41, 5.74) is 9.68. The molecule has 9 nitrogen and oxygen atoms in total. The Morgan fingerprint density at radius 2 is 1.73 bits per heavy atom. The maximum atomic E-state index is 12.6. The maximum Gasteiger partial charge on any atom is 0.285 e. The Kier molecular flexibility index (Phi) is 5.97. The number of nitrogens with two attached hydrogens (primary N) is 1. The molecule has 2 aromatic carbocycles. The molecule has 0 aromatic heterocycles. The first-order valence-electron chi connectivity index (χ1n) is 9.52. The summed E-state index contributed by atoms with van der Waals surface area (Å²) in [5, 5.41) is 11.1. The number of anilines is 1. The molecule has 3 rings (SSSR count). The monoisotopic (exact) mass is 431 g/mol. The van der Waals surface area contributed by atoms with Crippen molar-refractivity contribution in [2.45, 2.75) is 25.7 Å². The molecule has 0 saturated carbocycles. The lowest BCUT2D eigenvalue weighted by Crippen LogP contribution is -2.51. The lowest BCUT2D eigenvalue weighted by Gasteiger charge is -2.37. The Morgan fingerprint density at radius 3 is 2.37 bits per heavy atom. The van der Waals surface area contributed by atoms with Crippen LogP contribution in [0.25, 0.3) is 0 Å². The fraction of sp³-hybridized carbons (Fsp3) is 0.350. The van der Waals surface area contributed by atoms with E-state index in [0.717, 1.165) is 11.8 Å². The van der Waals surface area contributed by atoms with Crippen LogP contribution < -0.4 is 10.6 Å². The number of nitro benzene ring substituents is 1. The first-order chi connectivity index (χ1) is 14.1. The average Bonchev–Trinajstić information content (AvgIpc) is 2.70. The second kappa shape index (κ2) is 8.31. The molecule has 0 aliphatic carbocycles. The summed E-state index contributed by atoms with van der Waals surface area (Å²) in [6.07, 6.45) is 0. The minimum atomic E-state index is -4.16. The number of guanidine groups is 1. The molecule has 0 atom stereocenters. The summed E-state index contributed by atoms with van der Waals surface area (Å²) in [6, 6.07) is 9.86. The van der Waals surface area contributed by atoms with E-state index >= 15 is 0 Å². The molecule has 160 valence electrons. The predicted octanol–water partition coefficient (Wildman–Crippen LogP) is 2.35. The molecule has 1 fully saturated rings. The quantitative estimate of drug-likeness (QED) is 0.341. The van der Waals surface area contributed by atoms with Gasteiger partial charge in [-0.2, -0.15) is 8.42 Å². The van der Waals surface area contributed by atoms with Crippen molar-refractivity contribution >= 4 is 27.4 Å². The third-order valence-electron chi connectivity index (χ3n) is 5.41. The summed E-state index contributed by atoms with van der Waals surface area (Å²) < 4.78 is 28.9. The summed E-state index contributed by atoms with van der Waals surface area (Å²) in [7, 11) is -4.16. The third kappa shape index (κ3) is 4.38. The normalized spacial score (nSPS) is 15.4. The molecular formula is C20H25N5O4S. The fourth-order valence-electron chi connectivity index (χ4n) is 3.43. The molecule has 2 N–H and O–H groups in total. The van der Waals surface area contributed by atoms with Gasteiger partial charge < -0.3 is 15.5 Å². The Morgan fingerprint density at radius 1 is 1.07 bits per heavy atom. The highest BCUT2D eigenvalue weighted by atomic mass is 32.2. The van der Waals surface area contributed by atoms with Crippen LogP contribution in [0.15, 0.2) is 45.7 Å². The van der Waals surface area contributed by atoms with E-state index in [1.807, 2.05) is 6.07 Å². The molecule has 0 spiro atoms. The first-order valence-corrected chi connectivity index (χ1v) is 11.0. The van der Waals surface area contributed by atoms with Crippen LogP contribution >= 0.6 is 0 Å². The third-order valence-corrected chi connectivity index (χ3v) is 6.69. The lowest BCUT2D eigenvalue weighted by molar-refractivity contribution is -0.385. The summed E-state index contributed by atoms with van der Waals surface area (Å²) in [4.78, 5) is 14.2. The van der Waals surface area contributed by atoms with Gasteiger partial charge in [-0.15, -0.1) is 4.40 Å². The molecule has 30 heavy (non-hydrogen) atoms. The molecular weight excluding hydrogens is 406 g/mol. The lowest BCUT2D eigenvalue weighted by atomic mass is 10.1. The van der Waals surface area contributed by atoms with Gasteiger partial charge in [0.25, 0.3) is 15.7 Å². The van der Waals surface area contributed by atoms with Gasteiger partial charge in [-0.05, 0) is 44.0 Å². The zero-order valence-corrected chi connectivity index (χ0v) is 18.0. The molecule has 1 heterocycles. The fourth-order valence-corrected chi connectivity index (χ4v) is 4.40. The zero-order chi connectivity index (χ0) is 22.1. The zero-order valence-electron chi connectivity index (χ0n) is 17.2. The summed E-state index contributed by atoms with van der Waals surface area (Å²) >= 11 is 0. The van der Waals surface area contributed by atoms with Gasteiger partial charge in [-0.1, -0.05) is 18.2 Å². The van der Waals surface area contributed by atoms with Crippen LogP contribution in [0.3, 0.4) is 0 Å². The Balaban J connectivity index is 1.76. The smallest absolute Gasteiger partial charge is 0.285 e. The van der Waals surface area contributed by atoms with Crippen molar-refractivity contribution in [3.63, 3.8) is 0 Å². The van der Waals surface area contributed by atoms with Gasteiger partial charge in [0.15, 0.2) is 0 Å². The second-order valence-electron chi connectivity index (χ2n) is 7.32. The number of rotatable bonds is 4. The Hall–Kier alpha value is -3.14. The van der Waals surface area contributed by atoms with Gasteiger partial charge in [-0.3, -0.25) is 10.1 Å². The number of piperazine rings is 1. The van der Waals surface area contributed by atoms with Crippen LogP contribution in [-0.2, 0) is 10.0 Å². The van der Waals surface area contributed by atoms with Gasteiger partial charge in [-0.25, -0.2) is 0 Å². The van der Waals surface area contributed by atoms with Crippen molar-refractivity contribution in [2.75, 3.05) is 31.1 Å². The van der Waals surface area contributed by atoms with Crippen LogP contribution in [0.4, 0.5) is 11.4 Å². The van der Waals surface area contributed by atoms with E-state index in [1.54, 1.807) is 11.8 Å². The highest BCUT2D eigenvalue weighted by Gasteiger charge is 2.24. The predicted molar refractivity (Wildman–Crippen MR) is 116 cm³/mol. The molecule has 0 bridgehead atoms. The number of nitro groups is 1. The molecule has 0 amide bonds. The van der Waals surface area contributed by atoms with Crippen LogP contribution in [0.5, 0.6) is 0 Å². The Labute approximate surface area is 176 Å². The van der Waals surface area contributed by atoms with Crippen molar-refractivity contribution in [1.29, 1.82) is 0 Å². The Bertz CT molecular complexity index is 1110. The number of sulfonamides is 1. The standard InChI is InChI=1S/C20H25N5O4S/c1-14-5-4-6-18(16(14)3)23-9-11-24(12-10-23)20(21)22-30(28,29)17-8-7-15(2)19(13-17)25(26)27/h4-8,13H,9-12H2,1-3H3,(H2,21,22). The van der Waals surface area contributed by atoms with Gasteiger partial charge in [0.2, 0.25) is 5.96 Å². The van der Waals surface area contributed by atoms with Crippen molar-refractivity contribution in [2.24, 2.45) is 10.1 Å². The van der Waals surface area contributed by atoms with E-state index in [4.69, 9.17) is 5.73 Å². The molecule has 2 aromatic rings. The van der Waals surface area contributed by atoms with Gasteiger partial charge in [0.05, 0.1) is 9.82 Å². The largest absolute Gasteiger partial charge is 0.369 e. The summed E-state index contributed by atoms with van der Waals surface area (Å²) in [5.74, 6) is -0.112. The molecule has 10 heteroatoms. The highest BCUT2D eigenvalue weighted by Crippen LogP contribution is 2.25. The number of benzene rings is 2.